The number of aromatic hydroxyl groups is 1. The van der Waals surface area contributed by atoms with Crippen LogP contribution >= 0.6 is 0 Å². The van der Waals surface area contributed by atoms with Crippen molar-refractivity contribution in [2.24, 2.45) is 0 Å². The molecule has 4 rings (SSSR count). The number of nitrogens with one attached hydrogen (secondary N) is 1. The number of carbonyl (C=O) groups excluding carboxylic acids is 1. The summed E-state index contributed by atoms with van der Waals surface area (Å²) in [7, 11) is 0. The predicted octanol–water partition coefficient (Wildman–Crippen LogP) is 5.57. The van der Waals surface area contributed by atoms with Crippen LogP contribution in [0.3, 0.4) is 0 Å². The predicted molar refractivity (Wildman–Crippen MR) is 112 cm³/mol. The summed E-state index contributed by atoms with van der Waals surface area (Å²) in [5.41, 5.74) is 3.86. The van der Waals surface area contributed by atoms with Crippen LogP contribution in [0.25, 0.3) is 22.2 Å². The molecule has 6 heteroatoms. The Morgan fingerprint density at radius 1 is 1.24 bits per heavy atom. The van der Waals surface area contributed by atoms with Crippen molar-refractivity contribution in [3.05, 3.63) is 48.0 Å². The summed E-state index contributed by atoms with van der Waals surface area (Å²) < 4.78 is 7.30. The van der Waals surface area contributed by atoms with Crippen LogP contribution in [-0.2, 0) is 4.74 Å². The number of nitrogens with zero attached hydrogens (tertiary/aromatic N) is 2. The first-order valence-corrected chi connectivity index (χ1v) is 9.83. The van der Waals surface area contributed by atoms with E-state index in [0.717, 1.165) is 41.4 Å². The summed E-state index contributed by atoms with van der Waals surface area (Å²) in [4.78, 5) is 11.8. The third kappa shape index (κ3) is 3.52. The van der Waals surface area contributed by atoms with E-state index in [9.17, 15) is 15.2 Å². The van der Waals surface area contributed by atoms with Crippen molar-refractivity contribution in [2.75, 3.05) is 5.32 Å². The highest BCUT2D eigenvalue weighted by Gasteiger charge is 2.27. The molecule has 0 bridgehead atoms. The molecule has 0 radical (unpaired) electrons. The van der Waals surface area contributed by atoms with Gasteiger partial charge in [-0.25, -0.2) is 4.79 Å². The van der Waals surface area contributed by atoms with Crippen molar-refractivity contribution in [1.82, 2.24) is 4.57 Å². The van der Waals surface area contributed by atoms with E-state index < -0.39 is 6.09 Å². The molecule has 1 aliphatic carbocycles. The smallest absolute Gasteiger partial charge is 0.411 e. The standard InChI is InChI=1S/C23H23N3O3/c1-14(2)29-23(28)25-16-8-6-15(7-9-16)22-20(13-24)19-11-10-18(27)12-21(19)26(22)17-4-3-5-17/h6-12,14,17,27H,3-5H2,1-2H3,(H,25,28). The second-order valence-corrected chi connectivity index (χ2v) is 7.65. The number of hydrogen-bond donors (Lipinski definition) is 2. The first kappa shape index (κ1) is 18.9. The van der Waals surface area contributed by atoms with E-state index >= 15 is 0 Å². The molecule has 1 saturated carbocycles. The van der Waals surface area contributed by atoms with Crippen molar-refractivity contribution >= 4 is 22.7 Å². The van der Waals surface area contributed by atoms with Crippen LogP contribution in [0.5, 0.6) is 5.75 Å². The van der Waals surface area contributed by atoms with E-state index in [1.807, 2.05) is 12.1 Å². The molecule has 148 valence electrons. The number of aromatic nitrogens is 1. The normalized spacial score (nSPS) is 13.9. The van der Waals surface area contributed by atoms with Crippen molar-refractivity contribution in [2.45, 2.75) is 45.3 Å². The van der Waals surface area contributed by atoms with Crippen molar-refractivity contribution < 1.29 is 14.6 Å². The molecule has 0 saturated heterocycles. The van der Waals surface area contributed by atoms with E-state index in [1.165, 1.54) is 0 Å². The summed E-state index contributed by atoms with van der Waals surface area (Å²) >= 11 is 0. The quantitative estimate of drug-likeness (QED) is 0.611. The number of carbonyl (C=O) groups is 1. The van der Waals surface area contributed by atoms with Gasteiger partial charge in [0.15, 0.2) is 0 Å². The fourth-order valence-corrected chi connectivity index (χ4v) is 3.79. The Labute approximate surface area is 169 Å². The number of fused-ring (bicyclic) bond motifs is 1. The summed E-state index contributed by atoms with van der Waals surface area (Å²) in [5, 5.41) is 23.4. The van der Waals surface area contributed by atoms with E-state index in [-0.39, 0.29) is 11.9 Å². The van der Waals surface area contributed by atoms with Crippen molar-refractivity contribution in [1.29, 1.82) is 5.26 Å². The fraction of sp³-hybridized carbons (Fsp3) is 0.304. The number of benzene rings is 2. The van der Waals surface area contributed by atoms with Gasteiger partial charge >= 0.3 is 6.09 Å². The molecular weight excluding hydrogens is 366 g/mol. The molecule has 29 heavy (non-hydrogen) atoms. The first-order valence-electron chi connectivity index (χ1n) is 9.83. The minimum Gasteiger partial charge on any atom is -0.508 e. The molecule has 1 fully saturated rings. The number of rotatable bonds is 4. The number of ether oxygens (including phenoxy) is 1. The molecular formula is C23H23N3O3. The zero-order valence-electron chi connectivity index (χ0n) is 16.5. The zero-order chi connectivity index (χ0) is 20.5. The van der Waals surface area contributed by atoms with Crippen LogP contribution in [0.1, 0.15) is 44.7 Å². The third-order valence-electron chi connectivity index (χ3n) is 5.29. The Kier molecular flexibility index (Phi) is 4.89. The lowest BCUT2D eigenvalue weighted by molar-refractivity contribution is 0.130. The van der Waals surface area contributed by atoms with Crippen LogP contribution in [0, 0.1) is 11.3 Å². The minimum absolute atomic E-state index is 0.190. The topological polar surface area (TPSA) is 87.3 Å². The summed E-state index contributed by atoms with van der Waals surface area (Å²) in [6.45, 7) is 3.59. The number of anilines is 1. The average Bonchev–Trinajstić information content (AvgIpc) is 2.93. The second-order valence-electron chi connectivity index (χ2n) is 7.65. The summed E-state index contributed by atoms with van der Waals surface area (Å²) in [6.07, 6.45) is 2.58. The number of hydrogen-bond acceptors (Lipinski definition) is 4. The second kappa shape index (κ2) is 7.51. The fourth-order valence-electron chi connectivity index (χ4n) is 3.79. The van der Waals surface area contributed by atoms with Gasteiger partial charge in [-0.05, 0) is 62.9 Å². The van der Waals surface area contributed by atoms with Gasteiger partial charge in [0.25, 0.3) is 0 Å². The molecule has 0 atom stereocenters. The van der Waals surface area contributed by atoms with Crippen LogP contribution in [0.2, 0.25) is 0 Å². The van der Waals surface area contributed by atoms with Gasteiger partial charge in [-0.15, -0.1) is 0 Å². The van der Waals surface area contributed by atoms with Crippen molar-refractivity contribution in [3.63, 3.8) is 0 Å². The maximum absolute atomic E-state index is 11.8. The van der Waals surface area contributed by atoms with Gasteiger partial charge in [0.05, 0.1) is 22.9 Å². The van der Waals surface area contributed by atoms with E-state index in [4.69, 9.17) is 4.74 Å². The first-order chi connectivity index (χ1) is 14.0. The van der Waals surface area contributed by atoms with E-state index in [2.05, 4.69) is 16.0 Å². The molecule has 0 spiro atoms. The largest absolute Gasteiger partial charge is 0.508 e. The number of phenols is 1. The minimum atomic E-state index is -0.496. The molecule has 1 amide bonds. The highest BCUT2D eigenvalue weighted by molar-refractivity contribution is 5.95. The Hall–Kier alpha value is -3.46. The molecule has 2 N–H and O–H groups in total. The highest BCUT2D eigenvalue weighted by Crippen LogP contribution is 2.43. The lowest BCUT2D eigenvalue weighted by Gasteiger charge is -2.30. The number of phenolic OH excluding ortho intramolecular Hbond substituents is 1. The van der Waals surface area contributed by atoms with Crippen LogP contribution in [-0.4, -0.2) is 21.9 Å². The van der Waals surface area contributed by atoms with Gasteiger partial charge in [0.2, 0.25) is 0 Å². The number of amides is 1. The molecule has 0 unspecified atom stereocenters. The average molecular weight is 389 g/mol. The zero-order valence-corrected chi connectivity index (χ0v) is 16.5. The van der Waals surface area contributed by atoms with Gasteiger partial charge in [-0.2, -0.15) is 5.26 Å². The van der Waals surface area contributed by atoms with Gasteiger partial charge in [-0.3, -0.25) is 5.32 Å². The molecule has 3 aromatic rings. The Bertz CT molecular complexity index is 1100. The summed E-state index contributed by atoms with van der Waals surface area (Å²) in [5.74, 6) is 0.190. The Morgan fingerprint density at radius 2 is 1.97 bits per heavy atom. The van der Waals surface area contributed by atoms with Crippen LogP contribution in [0.4, 0.5) is 10.5 Å². The highest BCUT2D eigenvalue weighted by atomic mass is 16.6. The van der Waals surface area contributed by atoms with Gasteiger partial charge in [0.1, 0.15) is 11.8 Å². The SMILES string of the molecule is CC(C)OC(=O)Nc1ccc(-c2c(C#N)c3ccc(O)cc3n2C2CCC2)cc1. The lowest BCUT2D eigenvalue weighted by Crippen LogP contribution is -2.18. The summed E-state index contributed by atoms with van der Waals surface area (Å²) in [6, 6.07) is 15.2. The monoisotopic (exact) mass is 389 g/mol. The Morgan fingerprint density at radius 3 is 2.55 bits per heavy atom. The molecule has 1 aliphatic rings. The van der Waals surface area contributed by atoms with Gasteiger partial charge in [-0.1, -0.05) is 12.1 Å². The molecule has 0 aliphatic heterocycles. The Balaban J connectivity index is 1.77. The van der Waals surface area contributed by atoms with Crippen molar-refractivity contribution in [3.8, 4) is 23.1 Å². The molecule has 1 aromatic heterocycles. The van der Waals surface area contributed by atoms with E-state index in [0.29, 0.717) is 17.3 Å². The van der Waals surface area contributed by atoms with Gasteiger partial charge < -0.3 is 14.4 Å². The lowest BCUT2D eigenvalue weighted by atomic mass is 9.92. The third-order valence-corrected chi connectivity index (χ3v) is 5.29. The van der Waals surface area contributed by atoms with Gasteiger partial charge in [0, 0.05) is 23.2 Å². The van der Waals surface area contributed by atoms with Crippen LogP contribution in [0.15, 0.2) is 42.5 Å². The molecule has 2 aromatic carbocycles. The maximum atomic E-state index is 11.8. The maximum Gasteiger partial charge on any atom is 0.411 e. The molecule has 6 nitrogen and oxygen atoms in total. The van der Waals surface area contributed by atoms with E-state index in [1.54, 1.807) is 44.2 Å². The molecule has 1 heterocycles. The number of nitriles is 1. The van der Waals surface area contributed by atoms with Crippen LogP contribution < -0.4 is 5.32 Å².